The minimum Gasteiger partial charge on any atom is -0.390 e. The zero-order valence-electron chi connectivity index (χ0n) is 10.7. The Morgan fingerprint density at radius 1 is 1.18 bits per heavy atom. The van der Waals surface area contributed by atoms with Crippen molar-refractivity contribution in [2.75, 3.05) is 0 Å². The Morgan fingerprint density at radius 3 is 2.24 bits per heavy atom. The lowest BCUT2D eigenvalue weighted by Gasteiger charge is -2.29. The van der Waals surface area contributed by atoms with Gasteiger partial charge in [-0.15, -0.1) is 0 Å². The number of hydrogen-bond acceptors (Lipinski definition) is 2. The first-order chi connectivity index (χ1) is 8.03. The van der Waals surface area contributed by atoms with Gasteiger partial charge in [-0.05, 0) is 43.4 Å². The van der Waals surface area contributed by atoms with Gasteiger partial charge in [0, 0.05) is 6.42 Å². The highest BCUT2D eigenvalue weighted by atomic mass is 16.3. The van der Waals surface area contributed by atoms with Crippen LogP contribution in [0.2, 0.25) is 0 Å². The summed E-state index contributed by atoms with van der Waals surface area (Å²) in [7, 11) is 0. The first kappa shape index (κ1) is 12.6. The van der Waals surface area contributed by atoms with Crippen LogP contribution in [0.15, 0.2) is 18.2 Å². The molecule has 1 aromatic carbocycles. The average Bonchev–Trinajstić information content (AvgIpc) is 2.72. The molecule has 1 atom stereocenters. The summed E-state index contributed by atoms with van der Waals surface area (Å²) >= 11 is 0. The maximum atomic E-state index is 10.4. The van der Waals surface area contributed by atoms with Crippen LogP contribution in [0.4, 0.5) is 0 Å². The van der Waals surface area contributed by atoms with E-state index in [4.69, 9.17) is 0 Å². The lowest BCUT2D eigenvalue weighted by Crippen LogP contribution is -2.41. The molecule has 0 bridgehead atoms. The summed E-state index contributed by atoms with van der Waals surface area (Å²) in [5.74, 6) is 0. The highest BCUT2D eigenvalue weighted by Gasteiger charge is 2.38. The van der Waals surface area contributed by atoms with Crippen molar-refractivity contribution in [3.63, 3.8) is 0 Å². The predicted molar refractivity (Wildman–Crippen MR) is 69.0 cm³/mol. The van der Waals surface area contributed by atoms with Gasteiger partial charge < -0.3 is 10.2 Å². The molecule has 1 aromatic rings. The van der Waals surface area contributed by atoms with Crippen LogP contribution in [0.1, 0.15) is 42.4 Å². The largest absolute Gasteiger partial charge is 0.390 e. The molecular weight excluding hydrogens is 212 g/mol. The van der Waals surface area contributed by atoms with Gasteiger partial charge in [-0.25, -0.2) is 0 Å². The van der Waals surface area contributed by atoms with E-state index in [9.17, 15) is 10.2 Å². The van der Waals surface area contributed by atoms with Crippen molar-refractivity contribution in [3.8, 4) is 0 Å². The van der Waals surface area contributed by atoms with Crippen LogP contribution in [-0.4, -0.2) is 21.9 Å². The van der Waals surface area contributed by atoms with Crippen molar-refractivity contribution in [2.24, 2.45) is 0 Å². The Hall–Kier alpha value is -0.860. The second kappa shape index (κ2) is 4.79. The molecule has 17 heavy (non-hydrogen) atoms. The third-order valence-electron chi connectivity index (χ3n) is 4.13. The van der Waals surface area contributed by atoms with E-state index in [0.29, 0.717) is 6.42 Å². The van der Waals surface area contributed by atoms with Gasteiger partial charge in [-0.3, -0.25) is 0 Å². The lowest BCUT2D eigenvalue weighted by molar-refractivity contribution is -0.0690. The number of rotatable bonds is 3. The van der Waals surface area contributed by atoms with E-state index in [0.717, 1.165) is 25.7 Å². The minimum atomic E-state index is -0.852. The van der Waals surface area contributed by atoms with Crippen molar-refractivity contribution >= 4 is 0 Å². The number of aliphatic hydroxyl groups excluding tert-OH is 1. The van der Waals surface area contributed by atoms with Crippen LogP contribution in [0.5, 0.6) is 0 Å². The van der Waals surface area contributed by atoms with Gasteiger partial charge in [0.05, 0.1) is 11.7 Å². The topological polar surface area (TPSA) is 40.5 Å². The Labute approximate surface area is 103 Å². The van der Waals surface area contributed by atoms with Crippen LogP contribution in [0.3, 0.4) is 0 Å². The molecule has 0 aliphatic heterocycles. The van der Waals surface area contributed by atoms with Gasteiger partial charge >= 0.3 is 0 Å². The normalized spacial score (nSPS) is 20.5. The fraction of sp³-hybridized carbons (Fsp3) is 0.600. The summed E-state index contributed by atoms with van der Waals surface area (Å²) in [5, 5.41) is 20.6. The summed E-state index contributed by atoms with van der Waals surface area (Å²) in [4.78, 5) is 0. The molecule has 0 amide bonds. The Morgan fingerprint density at radius 2 is 1.71 bits per heavy atom. The van der Waals surface area contributed by atoms with E-state index in [1.165, 1.54) is 16.7 Å². The van der Waals surface area contributed by atoms with Gasteiger partial charge in [0.2, 0.25) is 0 Å². The SMILES string of the molecule is Cc1cccc(C)c1CC(O)C1(O)CCCC1. The smallest absolute Gasteiger partial charge is 0.0908 e. The molecule has 1 saturated carbocycles. The quantitative estimate of drug-likeness (QED) is 0.843. The number of benzene rings is 1. The molecule has 2 heteroatoms. The highest BCUT2D eigenvalue weighted by Crippen LogP contribution is 2.34. The minimum absolute atomic E-state index is 0.564. The van der Waals surface area contributed by atoms with E-state index < -0.39 is 11.7 Å². The Balaban J connectivity index is 2.15. The van der Waals surface area contributed by atoms with Crippen molar-refractivity contribution < 1.29 is 10.2 Å². The summed E-state index contributed by atoms with van der Waals surface area (Å²) in [5.41, 5.74) is 2.73. The van der Waals surface area contributed by atoms with E-state index >= 15 is 0 Å². The third-order valence-corrected chi connectivity index (χ3v) is 4.13. The van der Waals surface area contributed by atoms with Crippen LogP contribution >= 0.6 is 0 Å². The first-order valence-corrected chi connectivity index (χ1v) is 6.48. The highest BCUT2D eigenvalue weighted by molar-refractivity contribution is 5.34. The molecule has 2 N–H and O–H groups in total. The molecule has 94 valence electrons. The molecule has 1 aliphatic carbocycles. The molecule has 0 aromatic heterocycles. The van der Waals surface area contributed by atoms with Crippen molar-refractivity contribution in [1.82, 2.24) is 0 Å². The molecular formula is C15H22O2. The van der Waals surface area contributed by atoms with E-state index in [1.54, 1.807) is 0 Å². The molecule has 1 aliphatic rings. The molecule has 2 rings (SSSR count). The summed E-state index contributed by atoms with van der Waals surface area (Å²) in [6.45, 7) is 4.13. The standard InChI is InChI=1S/C15H22O2/c1-11-6-5-7-12(2)13(11)10-14(16)15(17)8-3-4-9-15/h5-7,14,16-17H,3-4,8-10H2,1-2H3. The molecule has 0 spiro atoms. The van der Waals surface area contributed by atoms with Gasteiger partial charge in [-0.1, -0.05) is 31.0 Å². The number of aryl methyl sites for hydroxylation is 2. The van der Waals surface area contributed by atoms with Gasteiger partial charge in [0.25, 0.3) is 0 Å². The van der Waals surface area contributed by atoms with Crippen LogP contribution in [0, 0.1) is 13.8 Å². The molecule has 2 nitrogen and oxygen atoms in total. The first-order valence-electron chi connectivity index (χ1n) is 6.48. The van der Waals surface area contributed by atoms with Gasteiger partial charge in [0.15, 0.2) is 0 Å². The summed E-state index contributed by atoms with van der Waals surface area (Å²) in [6.07, 6.45) is 3.46. The summed E-state index contributed by atoms with van der Waals surface area (Å²) < 4.78 is 0. The van der Waals surface area contributed by atoms with Gasteiger partial charge in [-0.2, -0.15) is 0 Å². The van der Waals surface area contributed by atoms with Crippen molar-refractivity contribution in [2.45, 2.75) is 57.7 Å². The van der Waals surface area contributed by atoms with Crippen LogP contribution < -0.4 is 0 Å². The molecule has 1 unspecified atom stereocenters. The number of aliphatic hydroxyl groups is 2. The summed E-state index contributed by atoms with van der Waals surface area (Å²) in [6, 6.07) is 6.16. The van der Waals surface area contributed by atoms with Crippen molar-refractivity contribution in [1.29, 1.82) is 0 Å². The van der Waals surface area contributed by atoms with E-state index in [1.807, 2.05) is 6.07 Å². The van der Waals surface area contributed by atoms with Crippen LogP contribution in [-0.2, 0) is 6.42 Å². The van der Waals surface area contributed by atoms with E-state index in [2.05, 4.69) is 26.0 Å². The maximum Gasteiger partial charge on any atom is 0.0908 e. The second-order valence-corrected chi connectivity index (χ2v) is 5.40. The van der Waals surface area contributed by atoms with Crippen molar-refractivity contribution in [3.05, 3.63) is 34.9 Å². The van der Waals surface area contributed by atoms with Crippen LogP contribution in [0.25, 0.3) is 0 Å². The zero-order chi connectivity index (χ0) is 12.5. The molecule has 0 heterocycles. The number of hydrogen-bond donors (Lipinski definition) is 2. The predicted octanol–water partition coefficient (Wildman–Crippen LogP) is 2.51. The Bertz CT molecular complexity index is 372. The van der Waals surface area contributed by atoms with Gasteiger partial charge in [0.1, 0.15) is 0 Å². The third kappa shape index (κ3) is 2.53. The second-order valence-electron chi connectivity index (χ2n) is 5.40. The lowest BCUT2D eigenvalue weighted by atomic mass is 9.87. The maximum absolute atomic E-state index is 10.4. The fourth-order valence-electron chi connectivity index (χ4n) is 2.87. The fourth-order valence-corrected chi connectivity index (χ4v) is 2.87. The zero-order valence-corrected chi connectivity index (χ0v) is 10.7. The average molecular weight is 234 g/mol. The monoisotopic (exact) mass is 234 g/mol. The Kier molecular flexibility index (Phi) is 3.55. The van der Waals surface area contributed by atoms with E-state index in [-0.39, 0.29) is 0 Å². The molecule has 0 radical (unpaired) electrons. The molecule has 1 fully saturated rings. The molecule has 0 saturated heterocycles.